The van der Waals surface area contributed by atoms with E-state index in [2.05, 4.69) is 0 Å². The summed E-state index contributed by atoms with van der Waals surface area (Å²) >= 11 is 0. The molecule has 2 rings (SSSR count). The Hall–Kier alpha value is -1.59. The lowest BCUT2D eigenvalue weighted by Gasteiger charge is -2.12. The Labute approximate surface area is 99.8 Å². The first kappa shape index (κ1) is 11.9. The molecule has 0 aliphatic carbocycles. The van der Waals surface area contributed by atoms with Crippen LogP contribution in [0.3, 0.4) is 0 Å². The number of aliphatic hydroxyl groups is 1. The number of cyclic esters (lactones) is 1. The Balaban J connectivity index is 1.98. The molecule has 17 heavy (non-hydrogen) atoms. The Morgan fingerprint density at radius 1 is 1.35 bits per heavy atom. The van der Waals surface area contributed by atoms with E-state index >= 15 is 0 Å². The van der Waals surface area contributed by atoms with Crippen molar-refractivity contribution >= 4 is 6.09 Å². The van der Waals surface area contributed by atoms with Crippen LogP contribution < -0.4 is 5.73 Å². The zero-order valence-corrected chi connectivity index (χ0v) is 9.50. The minimum absolute atomic E-state index is 0.0291. The van der Waals surface area contributed by atoms with Crippen molar-refractivity contribution in [1.29, 1.82) is 0 Å². The first-order valence-electron chi connectivity index (χ1n) is 5.57. The van der Waals surface area contributed by atoms with E-state index in [0.29, 0.717) is 19.6 Å². The van der Waals surface area contributed by atoms with E-state index in [1.165, 1.54) is 0 Å². The van der Waals surface area contributed by atoms with E-state index in [0.717, 1.165) is 11.1 Å². The number of aliphatic hydroxyl groups excluding tert-OH is 1. The van der Waals surface area contributed by atoms with E-state index in [9.17, 15) is 4.79 Å². The molecule has 0 aromatic heterocycles. The Morgan fingerprint density at radius 2 is 2.00 bits per heavy atom. The molecule has 5 nitrogen and oxygen atoms in total. The van der Waals surface area contributed by atoms with Crippen LogP contribution in [0, 0.1) is 0 Å². The van der Waals surface area contributed by atoms with Crippen LogP contribution in [0.25, 0.3) is 0 Å². The maximum atomic E-state index is 11.5. The predicted molar refractivity (Wildman–Crippen MR) is 62.1 cm³/mol. The summed E-state index contributed by atoms with van der Waals surface area (Å²) in [6.07, 6.45) is -0.508. The summed E-state index contributed by atoms with van der Waals surface area (Å²) in [6, 6.07) is 7.48. The molecule has 1 aliphatic rings. The van der Waals surface area contributed by atoms with E-state index < -0.39 is 0 Å². The third-order valence-corrected chi connectivity index (χ3v) is 2.79. The second-order valence-corrected chi connectivity index (χ2v) is 4.10. The van der Waals surface area contributed by atoms with Crippen LogP contribution in [0.15, 0.2) is 24.3 Å². The van der Waals surface area contributed by atoms with Crippen LogP contribution >= 0.6 is 0 Å². The molecule has 1 fully saturated rings. The molecule has 1 saturated heterocycles. The molecule has 5 heteroatoms. The van der Waals surface area contributed by atoms with E-state index in [1.54, 1.807) is 4.90 Å². The first-order chi connectivity index (χ1) is 8.22. The number of nitrogens with zero attached hydrogens (tertiary/aromatic N) is 1. The third kappa shape index (κ3) is 2.75. The van der Waals surface area contributed by atoms with Crippen LogP contribution in [0.4, 0.5) is 4.79 Å². The van der Waals surface area contributed by atoms with Crippen molar-refractivity contribution < 1.29 is 14.6 Å². The SMILES string of the molecule is NCC1CN(Cc2ccc(CO)cc2)C(=O)O1. The molecule has 3 N–H and O–H groups in total. The standard InChI is InChI=1S/C12H16N2O3/c13-5-11-7-14(12(16)17-11)6-9-1-3-10(8-15)4-2-9/h1-4,11,15H,5-8,13H2. The van der Waals surface area contributed by atoms with Gasteiger partial charge in [-0.05, 0) is 11.1 Å². The molecule has 0 saturated carbocycles. The van der Waals surface area contributed by atoms with E-state index in [-0.39, 0.29) is 18.8 Å². The highest BCUT2D eigenvalue weighted by Crippen LogP contribution is 2.15. The summed E-state index contributed by atoms with van der Waals surface area (Å²) in [5, 5.41) is 8.92. The zero-order valence-electron chi connectivity index (χ0n) is 9.50. The van der Waals surface area contributed by atoms with Crippen LogP contribution in [0.2, 0.25) is 0 Å². The molecule has 1 heterocycles. The fourth-order valence-corrected chi connectivity index (χ4v) is 1.80. The smallest absolute Gasteiger partial charge is 0.410 e. The predicted octanol–water partition coefficient (Wildman–Crippen LogP) is 0.458. The van der Waals surface area contributed by atoms with Crippen LogP contribution in [0.5, 0.6) is 0 Å². The van der Waals surface area contributed by atoms with Gasteiger partial charge in [-0.1, -0.05) is 24.3 Å². The Kier molecular flexibility index (Phi) is 3.61. The molecule has 0 radical (unpaired) electrons. The average Bonchev–Trinajstić information content (AvgIpc) is 2.71. The highest BCUT2D eigenvalue weighted by molar-refractivity contribution is 5.69. The van der Waals surface area contributed by atoms with Gasteiger partial charge < -0.3 is 20.5 Å². The van der Waals surface area contributed by atoms with Gasteiger partial charge in [-0.2, -0.15) is 0 Å². The number of nitrogens with two attached hydrogens (primary N) is 1. The van der Waals surface area contributed by atoms with Gasteiger partial charge in [-0.15, -0.1) is 0 Å². The van der Waals surface area contributed by atoms with Crippen molar-refractivity contribution in [1.82, 2.24) is 4.90 Å². The Bertz CT molecular complexity index is 391. The molecule has 0 bridgehead atoms. The fourth-order valence-electron chi connectivity index (χ4n) is 1.80. The van der Waals surface area contributed by atoms with Crippen molar-refractivity contribution in [3.8, 4) is 0 Å². The lowest BCUT2D eigenvalue weighted by Crippen LogP contribution is -2.27. The van der Waals surface area contributed by atoms with Gasteiger partial charge >= 0.3 is 6.09 Å². The lowest BCUT2D eigenvalue weighted by atomic mass is 10.1. The number of benzene rings is 1. The summed E-state index contributed by atoms with van der Waals surface area (Å²) in [5.41, 5.74) is 7.33. The topological polar surface area (TPSA) is 75.8 Å². The molecule has 1 amide bonds. The van der Waals surface area contributed by atoms with Crippen molar-refractivity contribution in [3.63, 3.8) is 0 Å². The molecular formula is C12H16N2O3. The van der Waals surface area contributed by atoms with Gasteiger partial charge in [-0.3, -0.25) is 0 Å². The van der Waals surface area contributed by atoms with Crippen molar-refractivity contribution in [2.75, 3.05) is 13.1 Å². The van der Waals surface area contributed by atoms with Gasteiger partial charge in [0.2, 0.25) is 0 Å². The number of hydrogen-bond acceptors (Lipinski definition) is 4. The van der Waals surface area contributed by atoms with Crippen LogP contribution in [-0.2, 0) is 17.9 Å². The minimum atomic E-state index is -0.313. The third-order valence-electron chi connectivity index (χ3n) is 2.79. The number of carbonyl (C=O) groups excluding carboxylic acids is 1. The molecule has 1 aromatic carbocycles. The van der Waals surface area contributed by atoms with Gasteiger partial charge in [-0.25, -0.2) is 4.79 Å². The molecule has 1 aromatic rings. The van der Waals surface area contributed by atoms with E-state index in [4.69, 9.17) is 15.6 Å². The van der Waals surface area contributed by atoms with Gasteiger partial charge in [0.25, 0.3) is 0 Å². The summed E-state index contributed by atoms with van der Waals surface area (Å²) in [7, 11) is 0. The van der Waals surface area contributed by atoms with E-state index in [1.807, 2.05) is 24.3 Å². The lowest BCUT2D eigenvalue weighted by molar-refractivity contribution is 0.134. The number of hydrogen-bond donors (Lipinski definition) is 2. The second-order valence-electron chi connectivity index (χ2n) is 4.10. The molecule has 1 unspecified atom stereocenters. The van der Waals surface area contributed by atoms with Crippen molar-refractivity contribution in [2.45, 2.75) is 19.3 Å². The highest BCUT2D eigenvalue weighted by atomic mass is 16.6. The van der Waals surface area contributed by atoms with Crippen LogP contribution in [-0.4, -0.2) is 35.3 Å². The fraction of sp³-hybridized carbons (Fsp3) is 0.417. The normalized spacial score (nSPS) is 19.5. The largest absolute Gasteiger partial charge is 0.443 e. The summed E-state index contributed by atoms with van der Waals surface area (Å²) in [5.74, 6) is 0. The quantitative estimate of drug-likeness (QED) is 0.796. The summed E-state index contributed by atoms with van der Waals surface area (Å²) in [4.78, 5) is 13.1. The van der Waals surface area contributed by atoms with Gasteiger partial charge in [0.05, 0.1) is 13.2 Å². The molecule has 1 aliphatic heterocycles. The number of rotatable bonds is 4. The van der Waals surface area contributed by atoms with Gasteiger partial charge in [0.15, 0.2) is 0 Å². The Morgan fingerprint density at radius 3 is 2.53 bits per heavy atom. The first-order valence-corrected chi connectivity index (χ1v) is 5.57. The second kappa shape index (κ2) is 5.16. The average molecular weight is 236 g/mol. The molecule has 0 spiro atoms. The minimum Gasteiger partial charge on any atom is -0.443 e. The zero-order chi connectivity index (χ0) is 12.3. The van der Waals surface area contributed by atoms with Gasteiger partial charge in [0, 0.05) is 13.1 Å². The van der Waals surface area contributed by atoms with Crippen molar-refractivity contribution in [2.24, 2.45) is 5.73 Å². The summed E-state index contributed by atoms with van der Waals surface area (Å²) in [6.45, 7) is 1.44. The highest BCUT2D eigenvalue weighted by Gasteiger charge is 2.29. The number of carbonyl (C=O) groups is 1. The molecular weight excluding hydrogens is 220 g/mol. The monoisotopic (exact) mass is 236 g/mol. The molecule has 92 valence electrons. The maximum Gasteiger partial charge on any atom is 0.410 e. The maximum absolute atomic E-state index is 11.5. The van der Waals surface area contributed by atoms with Crippen LogP contribution in [0.1, 0.15) is 11.1 Å². The number of ether oxygens (including phenoxy) is 1. The van der Waals surface area contributed by atoms with Crippen molar-refractivity contribution in [3.05, 3.63) is 35.4 Å². The molecule has 1 atom stereocenters. The van der Waals surface area contributed by atoms with Gasteiger partial charge in [0.1, 0.15) is 6.10 Å². The summed E-state index contributed by atoms with van der Waals surface area (Å²) < 4.78 is 5.06. The number of amides is 1.